The van der Waals surface area contributed by atoms with Crippen LogP contribution < -0.4 is 15.4 Å². The highest BCUT2D eigenvalue weighted by Gasteiger charge is 2.20. The molecule has 0 saturated heterocycles. The summed E-state index contributed by atoms with van der Waals surface area (Å²) in [5.74, 6) is -0.273. The molecular weight excluding hydrogens is 287 g/mol. The highest BCUT2D eigenvalue weighted by molar-refractivity contribution is 5.89. The fourth-order valence-electron chi connectivity index (χ4n) is 2.16. The van der Waals surface area contributed by atoms with Gasteiger partial charge in [0, 0.05) is 18.3 Å². The topological polar surface area (TPSA) is 70.6 Å². The van der Waals surface area contributed by atoms with E-state index in [1.165, 1.54) is 12.1 Å². The summed E-state index contributed by atoms with van der Waals surface area (Å²) in [6.07, 6.45) is 4.06. The summed E-state index contributed by atoms with van der Waals surface area (Å²) in [5.41, 5.74) is 0.348. The molecular formula is C16H23FN2O3. The minimum atomic E-state index is -0.564. The van der Waals surface area contributed by atoms with Gasteiger partial charge in [0.05, 0.1) is 12.2 Å². The molecule has 3 N–H and O–H groups in total. The van der Waals surface area contributed by atoms with Crippen molar-refractivity contribution in [2.24, 2.45) is 0 Å². The molecule has 2 rings (SSSR count). The Morgan fingerprint density at radius 3 is 2.86 bits per heavy atom. The minimum Gasteiger partial charge on any atom is -0.487 e. The SMILES string of the molecule is CCCC(O)CNC(=O)Nc1ccc(OC2CCC2)c(F)c1. The fraction of sp³-hybridized carbons (Fsp3) is 0.562. The van der Waals surface area contributed by atoms with Gasteiger partial charge in [0.1, 0.15) is 0 Å². The maximum Gasteiger partial charge on any atom is 0.319 e. The van der Waals surface area contributed by atoms with E-state index >= 15 is 0 Å². The van der Waals surface area contributed by atoms with Crippen LogP contribution in [0.3, 0.4) is 0 Å². The van der Waals surface area contributed by atoms with Crippen molar-refractivity contribution in [2.75, 3.05) is 11.9 Å². The third-order valence-electron chi connectivity index (χ3n) is 3.66. The van der Waals surface area contributed by atoms with E-state index in [2.05, 4.69) is 10.6 Å². The van der Waals surface area contributed by atoms with Crippen LogP contribution in [0.2, 0.25) is 0 Å². The number of rotatable bonds is 7. The molecule has 2 amide bonds. The Balaban J connectivity index is 1.81. The average Bonchev–Trinajstić information content (AvgIpc) is 2.43. The fourth-order valence-corrected chi connectivity index (χ4v) is 2.16. The summed E-state index contributed by atoms with van der Waals surface area (Å²) >= 11 is 0. The number of hydrogen-bond donors (Lipinski definition) is 3. The van der Waals surface area contributed by atoms with Gasteiger partial charge in [-0.05, 0) is 37.8 Å². The van der Waals surface area contributed by atoms with E-state index in [1.54, 1.807) is 6.07 Å². The van der Waals surface area contributed by atoms with E-state index in [0.717, 1.165) is 25.7 Å². The maximum atomic E-state index is 13.9. The maximum absolute atomic E-state index is 13.9. The molecule has 5 nitrogen and oxygen atoms in total. The van der Waals surface area contributed by atoms with Gasteiger partial charge in [-0.15, -0.1) is 0 Å². The number of anilines is 1. The van der Waals surface area contributed by atoms with Crippen molar-refractivity contribution < 1.29 is 19.0 Å². The molecule has 1 aliphatic carbocycles. The summed E-state index contributed by atoms with van der Waals surface area (Å²) < 4.78 is 19.4. The molecule has 1 aromatic carbocycles. The molecule has 1 aliphatic rings. The number of hydrogen-bond acceptors (Lipinski definition) is 3. The third kappa shape index (κ3) is 4.87. The Morgan fingerprint density at radius 2 is 2.27 bits per heavy atom. The molecule has 6 heteroatoms. The van der Waals surface area contributed by atoms with Crippen molar-refractivity contribution in [3.8, 4) is 5.75 Å². The van der Waals surface area contributed by atoms with E-state index in [0.29, 0.717) is 12.1 Å². The molecule has 0 aliphatic heterocycles. The number of halogens is 1. The summed E-state index contributed by atoms with van der Waals surface area (Å²) in [4.78, 5) is 11.7. The number of benzene rings is 1. The predicted molar refractivity (Wildman–Crippen MR) is 82.6 cm³/mol. The summed E-state index contributed by atoms with van der Waals surface area (Å²) in [7, 11) is 0. The van der Waals surface area contributed by atoms with Gasteiger partial charge in [0.25, 0.3) is 0 Å². The lowest BCUT2D eigenvalue weighted by Crippen LogP contribution is -2.35. The molecule has 0 spiro atoms. The minimum absolute atomic E-state index is 0.108. The summed E-state index contributed by atoms with van der Waals surface area (Å²) in [5, 5.41) is 14.6. The predicted octanol–water partition coefficient (Wildman–Crippen LogP) is 3.04. The van der Waals surface area contributed by atoms with Crippen LogP contribution in [0.25, 0.3) is 0 Å². The van der Waals surface area contributed by atoms with Crippen LogP contribution in [0.5, 0.6) is 5.75 Å². The first-order chi connectivity index (χ1) is 10.6. The second kappa shape index (κ2) is 7.98. The zero-order chi connectivity index (χ0) is 15.9. The van der Waals surface area contributed by atoms with Crippen molar-refractivity contribution in [1.29, 1.82) is 0 Å². The first-order valence-electron chi connectivity index (χ1n) is 7.77. The second-order valence-electron chi connectivity index (χ2n) is 5.59. The Kier molecular flexibility index (Phi) is 6.00. The van der Waals surface area contributed by atoms with E-state index in [9.17, 15) is 14.3 Å². The van der Waals surface area contributed by atoms with Crippen LogP contribution in [-0.2, 0) is 0 Å². The lowest BCUT2D eigenvalue weighted by molar-refractivity contribution is 0.115. The van der Waals surface area contributed by atoms with Crippen molar-refractivity contribution >= 4 is 11.7 Å². The molecule has 0 radical (unpaired) electrons. The first kappa shape index (κ1) is 16.5. The molecule has 0 bridgehead atoms. The third-order valence-corrected chi connectivity index (χ3v) is 3.66. The van der Waals surface area contributed by atoms with Gasteiger partial charge < -0.3 is 20.5 Å². The van der Waals surface area contributed by atoms with E-state index in [4.69, 9.17) is 4.74 Å². The molecule has 1 aromatic rings. The van der Waals surface area contributed by atoms with Gasteiger partial charge in [0.15, 0.2) is 11.6 Å². The van der Waals surface area contributed by atoms with E-state index in [-0.39, 0.29) is 18.4 Å². The van der Waals surface area contributed by atoms with E-state index < -0.39 is 18.0 Å². The number of ether oxygens (including phenoxy) is 1. The number of carbonyl (C=O) groups excluding carboxylic acids is 1. The number of aliphatic hydroxyl groups is 1. The van der Waals surface area contributed by atoms with Crippen molar-refractivity contribution in [2.45, 2.75) is 51.2 Å². The number of nitrogens with one attached hydrogen (secondary N) is 2. The molecule has 1 fully saturated rings. The van der Waals surface area contributed by atoms with Crippen LogP contribution in [0.15, 0.2) is 18.2 Å². The first-order valence-corrected chi connectivity index (χ1v) is 7.77. The van der Waals surface area contributed by atoms with E-state index in [1.807, 2.05) is 6.92 Å². The van der Waals surface area contributed by atoms with Crippen molar-refractivity contribution in [3.05, 3.63) is 24.0 Å². The molecule has 1 unspecified atom stereocenters. The largest absolute Gasteiger partial charge is 0.487 e. The monoisotopic (exact) mass is 310 g/mol. The normalized spacial score (nSPS) is 15.8. The molecule has 22 heavy (non-hydrogen) atoms. The van der Waals surface area contributed by atoms with Gasteiger partial charge in [-0.1, -0.05) is 13.3 Å². The van der Waals surface area contributed by atoms with Crippen molar-refractivity contribution in [1.82, 2.24) is 5.32 Å². The zero-order valence-electron chi connectivity index (χ0n) is 12.8. The summed E-state index contributed by atoms with van der Waals surface area (Å²) in [6.45, 7) is 2.13. The highest BCUT2D eigenvalue weighted by Crippen LogP contribution is 2.28. The Hall–Kier alpha value is -1.82. The van der Waals surface area contributed by atoms with Gasteiger partial charge >= 0.3 is 6.03 Å². The van der Waals surface area contributed by atoms with Crippen LogP contribution in [0.1, 0.15) is 39.0 Å². The second-order valence-corrected chi connectivity index (χ2v) is 5.59. The van der Waals surface area contributed by atoms with Gasteiger partial charge in [-0.2, -0.15) is 0 Å². The Labute approximate surface area is 129 Å². The van der Waals surface area contributed by atoms with Crippen LogP contribution in [0, 0.1) is 5.82 Å². The molecule has 0 heterocycles. The molecule has 0 aromatic heterocycles. The van der Waals surface area contributed by atoms with Gasteiger partial charge in [0.2, 0.25) is 0 Å². The zero-order valence-corrected chi connectivity index (χ0v) is 12.8. The number of amides is 2. The lowest BCUT2D eigenvalue weighted by atomic mass is 9.96. The summed E-state index contributed by atoms with van der Waals surface area (Å²) in [6, 6.07) is 3.88. The van der Waals surface area contributed by atoms with Gasteiger partial charge in [-0.25, -0.2) is 9.18 Å². The Morgan fingerprint density at radius 1 is 1.50 bits per heavy atom. The van der Waals surface area contributed by atoms with Crippen molar-refractivity contribution in [3.63, 3.8) is 0 Å². The van der Waals surface area contributed by atoms with Crippen LogP contribution >= 0.6 is 0 Å². The number of urea groups is 1. The standard InChI is InChI=1S/C16H23FN2O3/c1-2-4-12(20)10-18-16(21)19-11-7-8-15(14(17)9-11)22-13-5-3-6-13/h7-9,12-13,20H,2-6,10H2,1H3,(H2,18,19,21). The molecule has 1 atom stereocenters. The smallest absolute Gasteiger partial charge is 0.319 e. The average molecular weight is 310 g/mol. The molecule has 1 saturated carbocycles. The van der Waals surface area contributed by atoms with Crippen LogP contribution in [0.4, 0.5) is 14.9 Å². The van der Waals surface area contributed by atoms with Crippen LogP contribution in [-0.4, -0.2) is 29.9 Å². The number of carbonyl (C=O) groups is 1. The highest BCUT2D eigenvalue weighted by atomic mass is 19.1. The lowest BCUT2D eigenvalue weighted by Gasteiger charge is -2.26. The molecule has 122 valence electrons. The van der Waals surface area contributed by atoms with Gasteiger partial charge in [-0.3, -0.25) is 0 Å². The Bertz CT molecular complexity index is 506. The number of aliphatic hydroxyl groups excluding tert-OH is 1. The quantitative estimate of drug-likeness (QED) is 0.725.